The Hall–Kier alpha value is -3.26. The molecule has 0 saturated carbocycles. The lowest BCUT2D eigenvalue weighted by atomic mass is 10.2. The first-order valence-electron chi connectivity index (χ1n) is 9.94. The molecule has 1 amide bonds. The van der Waals surface area contributed by atoms with E-state index < -0.39 is 0 Å². The molecule has 30 heavy (non-hydrogen) atoms. The number of fused-ring (bicyclic) bond motifs is 1. The predicted molar refractivity (Wildman–Crippen MR) is 119 cm³/mol. The Morgan fingerprint density at radius 3 is 2.80 bits per heavy atom. The van der Waals surface area contributed by atoms with Crippen LogP contribution in [0.3, 0.4) is 0 Å². The van der Waals surface area contributed by atoms with Crippen LogP contribution in [-0.4, -0.2) is 39.9 Å². The highest BCUT2D eigenvalue weighted by atomic mass is 32.2. The summed E-state index contributed by atoms with van der Waals surface area (Å²) in [7, 11) is 0. The number of thioether (sulfide) groups is 1. The third-order valence-corrected chi connectivity index (χ3v) is 6.00. The molecule has 8 heteroatoms. The molecule has 1 fully saturated rings. The number of rotatable bonds is 6. The topological polar surface area (TPSA) is 87.0 Å². The van der Waals surface area contributed by atoms with Crippen LogP contribution in [0.5, 0.6) is 0 Å². The largest absolute Gasteiger partial charge is 0.411 e. The minimum atomic E-state index is -0.0986. The van der Waals surface area contributed by atoms with Crippen LogP contribution in [-0.2, 0) is 4.79 Å². The Balaban J connectivity index is 1.24. The third kappa shape index (κ3) is 3.78. The van der Waals surface area contributed by atoms with E-state index in [0.717, 1.165) is 40.9 Å². The maximum atomic E-state index is 12.5. The van der Waals surface area contributed by atoms with Crippen molar-refractivity contribution in [2.45, 2.75) is 18.1 Å². The van der Waals surface area contributed by atoms with Gasteiger partial charge in [-0.3, -0.25) is 4.79 Å². The number of H-pyrrole nitrogens is 1. The van der Waals surface area contributed by atoms with Gasteiger partial charge in [-0.1, -0.05) is 42.1 Å². The molecular formula is C22H21N5O2S. The van der Waals surface area contributed by atoms with Gasteiger partial charge in [0.2, 0.25) is 5.91 Å². The number of amides is 1. The van der Waals surface area contributed by atoms with Crippen LogP contribution in [0.1, 0.15) is 12.8 Å². The Morgan fingerprint density at radius 2 is 1.90 bits per heavy atom. The zero-order valence-corrected chi connectivity index (χ0v) is 17.1. The van der Waals surface area contributed by atoms with Crippen molar-refractivity contribution in [1.29, 1.82) is 0 Å². The van der Waals surface area contributed by atoms with Crippen LogP contribution in [0, 0.1) is 0 Å². The zero-order valence-electron chi connectivity index (χ0n) is 16.3. The fraction of sp³-hybridized carbons (Fsp3) is 0.227. The lowest BCUT2D eigenvalue weighted by Crippen LogP contribution is -2.21. The van der Waals surface area contributed by atoms with Crippen molar-refractivity contribution in [2.24, 2.45) is 0 Å². The van der Waals surface area contributed by atoms with Gasteiger partial charge in [0, 0.05) is 30.2 Å². The standard InChI is InChI=1S/C22H21N5O2S/c28-20(24-18-9-3-4-10-19(18)27-11-5-6-12-27)14-30-22-26-25-21(29-22)16-13-23-17-8-2-1-7-15(16)17/h1-4,7-10,13,23H,5-6,11-12,14H2,(H,24,28). The Kier molecular flexibility index (Phi) is 5.15. The number of anilines is 2. The molecule has 1 aliphatic rings. The van der Waals surface area contributed by atoms with Gasteiger partial charge in [0.25, 0.3) is 11.1 Å². The normalized spacial score (nSPS) is 13.8. The zero-order chi connectivity index (χ0) is 20.3. The molecule has 1 saturated heterocycles. The number of carbonyl (C=O) groups excluding carboxylic acids is 1. The van der Waals surface area contributed by atoms with Gasteiger partial charge in [-0.05, 0) is 31.0 Å². The number of hydrogen-bond acceptors (Lipinski definition) is 6. The second kappa shape index (κ2) is 8.23. The summed E-state index contributed by atoms with van der Waals surface area (Å²) in [6.07, 6.45) is 4.23. The number of aromatic amines is 1. The summed E-state index contributed by atoms with van der Waals surface area (Å²) in [6, 6.07) is 15.9. The highest BCUT2D eigenvalue weighted by Crippen LogP contribution is 2.31. The average molecular weight is 420 g/mol. The number of benzene rings is 2. The van der Waals surface area contributed by atoms with Gasteiger partial charge in [-0.25, -0.2) is 0 Å². The van der Waals surface area contributed by atoms with E-state index in [-0.39, 0.29) is 11.7 Å². The Morgan fingerprint density at radius 1 is 1.10 bits per heavy atom. The van der Waals surface area contributed by atoms with E-state index in [4.69, 9.17) is 4.42 Å². The lowest BCUT2D eigenvalue weighted by molar-refractivity contribution is -0.113. The number of nitrogens with one attached hydrogen (secondary N) is 2. The molecule has 2 N–H and O–H groups in total. The van der Waals surface area contributed by atoms with E-state index in [1.807, 2.05) is 48.7 Å². The molecule has 0 unspecified atom stereocenters. The Bertz CT molecular complexity index is 1180. The van der Waals surface area contributed by atoms with E-state index in [0.29, 0.717) is 11.1 Å². The van der Waals surface area contributed by atoms with Crippen LogP contribution < -0.4 is 10.2 Å². The molecule has 0 spiro atoms. The molecule has 2 aromatic heterocycles. The van der Waals surface area contributed by atoms with Gasteiger partial charge in [-0.15, -0.1) is 10.2 Å². The number of hydrogen-bond donors (Lipinski definition) is 2. The molecule has 4 aromatic rings. The van der Waals surface area contributed by atoms with Crippen molar-refractivity contribution in [3.8, 4) is 11.5 Å². The lowest BCUT2D eigenvalue weighted by Gasteiger charge is -2.21. The number of nitrogens with zero attached hydrogens (tertiary/aromatic N) is 3. The van der Waals surface area contributed by atoms with Crippen molar-refractivity contribution in [3.05, 3.63) is 54.7 Å². The molecule has 0 radical (unpaired) electrons. The number of aromatic nitrogens is 3. The van der Waals surface area contributed by atoms with E-state index in [1.165, 1.54) is 24.6 Å². The molecule has 3 heterocycles. The van der Waals surface area contributed by atoms with Crippen LogP contribution >= 0.6 is 11.8 Å². The molecule has 0 atom stereocenters. The Labute approximate surface area is 177 Å². The molecule has 7 nitrogen and oxygen atoms in total. The van der Waals surface area contributed by atoms with Crippen molar-refractivity contribution >= 4 is 39.9 Å². The smallest absolute Gasteiger partial charge is 0.277 e. The monoisotopic (exact) mass is 419 g/mol. The third-order valence-electron chi connectivity index (χ3n) is 5.18. The van der Waals surface area contributed by atoms with E-state index in [1.54, 1.807) is 0 Å². The van der Waals surface area contributed by atoms with Crippen molar-refractivity contribution < 1.29 is 9.21 Å². The maximum absolute atomic E-state index is 12.5. The summed E-state index contributed by atoms with van der Waals surface area (Å²) in [5.74, 6) is 0.539. The highest BCUT2D eigenvalue weighted by molar-refractivity contribution is 7.99. The first-order valence-corrected chi connectivity index (χ1v) is 10.9. The van der Waals surface area contributed by atoms with Crippen molar-refractivity contribution in [2.75, 3.05) is 29.1 Å². The molecule has 0 bridgehead atoms. The highest BCUT2D eigenvalue weighted by Gasteiger charge is 2.18. The van der Waals surface area contributed by atoms with Crippen LogP contribution in [0.25, 0.3) is 22.4 Å². The van der Waals surface area contributed by atoms with E-state index in [2.05, 4.69) is 31.5 Å². The predicted octanol–water partition coefficient (Wildman–Crippen LogP) is 4.55. The molecule has 152 valence electrons. The van der Waals surface area contributed by atoms with Gasteiger partial charge in [-0.2, -0.15) is 0 Å². The summed E-state index contributed by atoms with van der Waals surface area (Å²) in [5, 5.41) is 12.6. The number of carbonyl (C=O) groups is 1. The maximum Gasteiger partial charge on any atom is 0.277 e. The van der Waals surface area contributed by atoms with E-state index >= 15 is 0 Å². The quantitative estimate of drug-likeness (QED) is 0.446. The summed E-state index contributed by atoms with van der Waals surface area (Å²) >= 11 is 1.23. The number of para-hydroxylation sites is 3. The van der Waals surface area contributed by atoms with Crippen LogP contribution in [0.15, 0.2) is 64.4 Å². The first kappa shape index (κ1) is 18.7. The first-order chi connectivity index (χ1) is 14.8. The minimum Gasteiger partial charge on any atom is -0.411 e. The summed E-state index contributed by atoms with van der Waals surface area (Å²) < 4.78 is 5.77. The summed E-state index contributed by atoms with van der Waals surface area (Å²) in [4.78, 5) is 18.0. The minimum absolute atomic E-state index is 0.0986. The fourth-order valence-electron chi connectivity index (χ4n) is 3.75. The molecule has 0 aliphatic carbocycles. The summed E-state index contributed by atoms with van der Waals surface area (Å²) in [6.45, 7) is 2.06. The van der Waals surface area contributed by atoms with Gasteiger partial charge in [0.1, 0.15) is 0 Å². The van der Waals surface area contributed by atoms with Crippen LogP contribution in [0.2, 0.25) is 0 Å². The average Bonchev–Trinajstić information content (AvgIpc) is 3.53. The molecule has 2 aromatic carbocycles. The van der Waals surface area contributed by atoms with Gasteiger partial charge < -0.3 is 19.6 Å². The second-order valence-corrected chi connectivity index (χ2v) is 8.10. The second-order valence-electron chi connectivity index (χ2n) is 7.17. The summed E-state index contributed by atoms with van der Waals surface area (Å²) in [5.41, 5.74) is 3.78. The molecule has 5 rings (SSSR count). The molecular weight excluding hydrogens is 398 g/mol. The van der Waals surface area contributed by atoms with Gasteiger partial charge in [0.15, 0.2) is 0 Å². The van der Waals surface area contributed by atoms with Gasteiger partial charge >= 0.3 is 0 Å². The molecule has 1 aliphatic heterocycles. The van der Waals surface area contributed by atoms with Crippen molar-refractivity contribution in [1.82, 2.24) is 15.2 Å². The van der Waals surface area contributed by atoms with Crippen LogP contribution in [0.4, 0.5) is 11.4 Å². The van der Waals surface area contributed by atoms with E-state index in [9.17, 15) is 4.79 Å². The SMILES string of the molecule is O=C(CSc1nnc(-c2c[nH]c3ccccc23)o1)Nc1ccccc1N1CCCC1. The van der Waals surface area contributed by atoms with Crippen molar-refractivity contribution in [3.63, 3.8) is 0 Å². The fourth-order valence-corrected chi connectivity index (χ4v) is 4.32. The van der Waals surface area contributed by atoms with Gasteiger partial charge in [0.05, 0.1) is 22.7 Å².